The molecule has 0 spiro atoms. The van der Waals surface area contributed by atoms with Crippen LogP contribution in [0.15, 0.2) is 109 Å². The summed E-state index contributed by atoms with van der Waals surface area (Å²) in [5, 5.41) is 15.0. The maximum absolute atomic E-state index is 13.3. The van der Waals surface area contributed by atoms with Gasteiger partial charge < -0.3 is 15.4 Å². The van der Waals surface area contributed by atoms with Crippen molar-refractivity contribution in [1.29, 1.82) is 0 Å². The first-order valence-corrected chi connectivity index (χ1v) is 13.3. The van der Waals surface area contributed by atoms with Crippen molar-refractivity contribution in [1.82, 2.24) is 21.1 Å². The third-order valence-corrected chi connectivity index (χ3v) is 6.48. The van der Waals surface area contributed by atoms with Crippen molar-refractivity contribution >= 4 is 17.7 Å². The number of ether oxygens (including phenoxy) is 1. The van der Waals surface area contributed by atoms with Gasteiger partial charge in [0.1, 0.15) is 17.5 Å². The van der Waals surface area contributed by atoms with Gasteiger partial charge in [-0.05, 0) is 72.9 Å². The molecule has 0 saturated carbocycles. The number of hydroxylamine groups is 1. The predicted octanol–water partition coefficient (Wildman–Crippen LogP) is 4.09. The van der Waals surface area contributed by atoms with Crippen molar-refractivity contribution in [2.24, 2.45) is 5.92 Å². The summed E-state index contributed by atoms with van der Waals surface area (Å²) in [6.07, 6.45) is 4.01. The zero-order chi connectivity index (χ0) is 28.9. The van der Waals surface area contributed by atoms with Crippen LogP contribution in [0.5, 0.6) is 11.5 Å². The fourth-order valence-electron chi connectivity index (χ4n) is 4.33. The molecule has 0 saturated heterocycles. The molecule has 4 N–H and O–H groups in total. The molecule has 2 unspecified atom stereocenters. The fraction of sp³-hybridized carbons (Fsp3) is 0.188. The zero-order valence-electron chi connectivity index (χ0n) is 22.4. The number of rotatable bonds is 13. The monoisotopic (exact) mass is 552 g/mol. The molecule has 1 heterocycles. The number of aromatic nitrogens is 1. The summed E-state index contributed by atoms with van der Waals surface area (Å²) in [6.45, 7) is 0.347. The summed E-state index contributed by atoms with van der Waals surface area (Å²) in [5.74, 6) is -1.16. The minimum Gasteiger partial charge on any atom is -0.457 e. The largest absolute Gasteiger partial charge is 0.457 e. The van der Waals surface area contributed by atoms with E-state index in [4.69, 9.17) is 4.74 Å². The molecular formula is C32H32N4O5. The maximum atomic E-state index is 13.3. The summed E-state index contributed by atoms with van der Waals surface area (Å²) >= 11 is 0. The van der Waals surface area contributed by atoms with Crippen LogP contribution in [-0.4, -0.2) is 40.5 Å². The van der Waals surface area contributed by atoms with Gasteiger partial charge in [0.05, 0.1) is 0 Å². The third kappa shape index (κ3) is 9.01. The lowest BCUT2D eigenvalue weighted by atomic mass is 9.92. The normalized spacial score (nSPS) is 12.0. The van der Waals surface area contributed by atoms with Crippen LogP contribution in [0, 0.1) is 5.92 Å². The first-order valence-electron chi connectivity index (χ1n) is 13.3. The van der Waals surface area contributed by atoms with Crippen LogP contribution < -0.4 is 20.9 Å². The number of nitrogens with zero attached hydrogens (tertiary/aromatic N) is 1. The Bertz CT molecular complexity index is 1400. The average molecular weight is 553 g/mol. The number of nitrogens with one attached hydrogen (secondary N) is 3. The van der Waals surface area contributed by atoms with Crippen molar-refractivity contribution in [3.63, 3.8) is 0 Å². The van der Waals surface area contributed by atoms with E-state index in [9.17, 15) is 19.6 Å². The molecule has 3 aromatic carbocycles. The lowest BCUT2D eigenvalue weighted by Crippen LogP contribution is -2.49. The SMILES string of the molecule is O=C(NC(CC(Cc1cccnc1)C(=O)NO)C(=O)NCCc1ccccc1)c1ccc(Oc2ccccc2)cc1. The van der Waals surface area contributed by atoms with Gasteiger partial charge in [-0.15, -0.1) is 0 Å². The van der Waals surface area contributed by atoms with Crippen molar-refractivity contribution in [2.45, 2.75) is 25.3 Å². The van der Waals surface area contributed by atoms with Gasteiger partial charge >= 0.3 is 0 Å². The second kappa shape index (κ2) is 14.9. The van der Waals surface area contributed by atoms with Gasteiger partial charge in [0, 0.05) is 30.4 Å². The predicted molar refractivity (Wildman–Crippen MR) is 153 cm³/mol. The molecule has 9 heteroatoms. The smallest absolute Gasteiger partial charge is 0.251 e. The van der Waals surface area contributed by atoms with Gasteiger partial charge in [-0.2, -0.15) is 0 Å². The van der Waals surface area contributed by atoms with E-state index >= 15 is 0 Å². The second-order valence-corrected chi connectivity index (χ2v) is 9.47. The van der Waals surface area contributed by atoms with E-state index in [1.54, 1.807) is 54.3 Å². The molecule has 0 aliphatic carbocycles. The summed E-state index contributed by atoms with van der Waals surface area (Å²) in [6, 6.07) is 28.0. The number of benzene rings is 3. The van der Waals surface area contributed by atoms with E-state index < -0.39 is 29.7 Å². The van der Waals surface area contributed by atoms with Crippen molar-refractivity contribution < 1.29 is 24.3 Å². The van der Waals surface area contributed by atoms with Crippen LogP contribution in [0.1, 0.15) is 27.9 Å². The van der Waals surface area contributed by atoms with Crippen LogP contribution in [0.4, 0.5) is 0 Å². The molecule has 0 aliphatic rings. The van der Waals surface area contributed by atoms with E-state index in [0.29, 0.717) is 30.0 Å². The molecule has 0 fully saturated rings. The first-order chi connectivity index (χ1) is 20.0. The van der Waals surface area contributed by atoms with Gasteiger partial charge in [0.2, 0.25) is 11.8 Å². The maximum Gasteiger partial charge on any atom is 0.251 e. The molecule has 3 amide bonds. The van der Waals surface area contributed by atoms with Crippen molar-refractivity contribution in [2.75, 3.05) is 6.54 Å². The number of pyridine rings is 1. The first kappa shape index (κ1) is 29.0. The lowest BCUT2D eigenvalue weighted by Gasteiger charge is -2.23. The summed E-state index contributed by atoms with van der Waals surface area (Å²) in [7, 11) is 0. The van der Waals surface area contributed by atoms with E-state index in [1.807, 2.05) is 60.7 Å². The molecule has 0 aliphatic heterocycles. The Kier molecular flexibility index (Phi) is 10.6. The highest BCUT2D eigenvalue weighted by Gasteiger charge is 2.29. The van der Waals surface area contributed by atoms with E-state index in [2.05, 4.69) is 15.6 Å². The van der Waals surface area contributed by atoms with Crippen LogP contribution in [-0.2, 0) is 22.4 Å². The van der Waals surface area contributed by atoms with Gasteiger partial charge in [0.15, 0.2) is 0 Å². The number of carbonyl (C=O) groups excluding carboxylic acids is 3. The van der Waals surface area contributed by atoms with Crippen LogP contribution in [0.25, 0.3) is 0 Å². The minimum atomic E-state index is -1.04. The van der Waals surface area contributed by atoms with E-state index in [1.165, 1.54) is 0 Å². The zero-order valence-corrected chi connectivity index (χ0v) is 22.4. The molecule has 0 radical (unpaired) electrons. The van der Waals surface area contributed by atoms with Crippen LogP contribution >= 0.6 is 0 Å². The molecule has 4 aromatic rings. The molecular weight excluding hydrogens is 520 g/mol. The second-order valence-electron chi connectivity index (χ2n) is 9.47. The van der Waals surface area contributed by atoms with Gasteiger partial charge in [-0.25, -0.2) is 5.48 Å². The highest BCUT2D eigenvalue weighted by atomic mass is 16.5. The molecule has 4 rings (SSSR count). The third-order valence-electron chi connectivity index (χ3n) is 6.48. The number of para-hydroxylation sites is 1. The molecule has 0 bridgehead atoms. The molecule has 210 valence electrons. The highest BCUT2D eigenvalue weighted by molar-refractivity contribution is 5.97. The van der Waals surface area contributed by atoms with Gasteiger partial charge in [-0.1, -0.05) is 54.6 Å². The standard InChI is InChI=1S/C32H32N4O5/c37-30(25-13-15-28(16-14-25)41-27-11-5-2-6-12-27)35-29(32(39)34-19-17-23-8-3-1-4-9-23)21-26(31(38)36-40)20-24-10-7-18-33-22-24/h1-16,18,22,26,29,40H,17,19-21H2,(H,34,39)(H,35,37)(H,36,38). The molecule has 1 aromatic heterocycles. The fourth-order valence-corrected chi connectivity index (χ4v) is 4.33. The number of hydrogen-bond acceptors (Lipinski definition) is 6. The Morgan fingerprint density at radius 3 is 2.10 bits per heavy atom. The number of amides is 3. The van der Waals surface area contributed by atoms with Crippen LogP contribution in [0.2, 0.25) is 0 Å². The number of carbonyl (C=O) groups is 3. The molecule has 2 atom stereocenters. The summed E-state index contributed by atoms with van der Waals surface area (Å²) in [4.78, 5) is 43.2. The lowest BCUT2D eigenvalue weighted by molar-refractivity contribution is -0.134. The molecule has 9 nitrogen and oxygen atoms in total. The topological polar surface area (TPSA) is 130 Å². The van der Waals surface area contributed by atoms with Gasteiger partial charge in [-0.3, -0.25) is 24.6 Å². The Hall–Kier alpha value is -5.02. The Morgan fingerprint density at radius 1 is 0.780 bits per heavy atom. The highest BCUT2D eigenvalue weighted by Crippen LogP contribution is 2.21. The average Bonchev–Trinajstić information content (AvgIpc) is 3.01. The van der Waals surface area contributed by atoms with Gasteiger partial charge in [0.25, 0.3) is 5.91 Å². The number of hydrogen-bond donors (Lipinski definition) is 4. The quantitative estimate of drug-likeness (QED) is 0.146. The molecule has 41 heavy (non-hydrogen) atoms. The Morgan fingerprint density at radius 2 is 1.44 bits per heavy atom. The summed E-state index contributed by atoms with van der Waals surface area (Å²) in [5.41, 5.74) is 3.82. The Balaban J connectivity index is 1.47. The van der Waals surface area contributed by atoms with Crippen molar-refractivity contribution in [3.05, 3.63) is 126 Å². The van der Waals surface area contributed by atoms with Crippen LogP contribution in [0.3, 0.4) is 0 Å². The minimum absolute atomic E-state index is 0.0423. The van der Waals surface area contributed by atoms with E-state index in [-0.39, 0.29) is 12.8 Å². The van der Waals surface area contributed by atoms with Crippen molar-refractivity contribution in [3.8, 4) is 11.5 Å². The summed E-state index contributed by atoms with van der Waals surface area (Å²) < 4.78 is 5.79. The Labute approximate surface area is 238 Å². The van der Waals surface area contributed by atoms with E-state index in [0.717, 1.165) is 11.1 Å².